The molecule has 2 heterocycles. The zero-order chi connectivity index (χ0) is 14.1. The highest BCUT2D eigenvalue weighted by Crippen LogP contribution is 2.28. The molecule has 100 valence electrons. The maximum absolute atomic E-state index is 7.99. The van der Waals surface area contributed by atoms with Crippen LogP contribution in [-0.4, -0.2) is 22.9 Å². The number of nitrogens with one attached hydrogen (secondary N) is 2. The number of anilines is 2. The van der Waals surface area contributed by atoms with Gasteiger partial charge in [0.15, 0.2) is 0 Å². The van der Waals surface area contributed by atoms with Crippen molar-refractivity contribution in [3.63, 3.8) is 0 Å². The highest BCUT2D eigenvalue weighted by Gasteiger charge is 2.12. The molecule has 0 unspecified atom stereocenters. The third kappa shape index (κ3) is 1.90. The Morgan fingerprint density at radius 1 is 1.30 bits per heavy atom. The van der Waals surface area contributed by atoms with Gasteiger partial charge in [0.05, 0.1) is 17.5 Å². The number of aromatic nitrogens is 2. The maximum Gasteiger partial charge on any atom is 0.229 e. The monoisotopic (exact) mass is 283 g/mol. The largest absolute Gasteiger partial charge is 0.328 e. The van der Waals surface area contributed by atoms with Crippen LogP contribution in [0, 0.1) is 10.8 Å². The fourth-order valence-corrected chi connectivity index (χ4v) is 2.83. The van der Waals surface area contributed by atoms with Crippen LogP contribution in [0.2, 0.25) is 0 Å². The standard InChI is InChI=1S/C14H13N5S/c1-18(10-6-7-20-8-10)13-11-4-2-3-5-12(11)19(9-15)14(16)17-13/h2-9,15-16H,1H3. The highest BCUT2D eigenvalue weighted by molar-refractivity contribution is 7.08. The van der Waals surface area contributed by atoms with Crippen LogP contribution in [0.15, 0.2) is 41.1 Å². The van der Waals surface area contributed by atoms with Gasteiger partial charge in [0, 0.05) is 17.8 Å². The van der Waals surface area contributed by atoms with Crippen LogP contribution >= 0.6 is 11.3 Å². The summed E-state index contributed by atoms with van der Waals surface area (Å²) in [4.78, 5) is 6.30. The number of benzene rings is 1. The van der Waals surface area contributed by atoms with Gasteiger partial charge in [-0.05, 0) is 23.6 Å². The first kappa shape index (κ1) is 12.6. The van der Waals surface area contributed by atoms with Gasteiger partial charge < -0.3 is 4.90 Å². The van der Waals surface area contributed by atoms with Gasteiger partial charge in [0.25, 0.3) is 0 Å². The first-order valence-electron chi connectivity index (χ1n) is 6.05. The minimum atomic E-state index is 0.0516. The quantitative estimate of drug-likeness (QED) is 0.573. The van der Waals surface area contributed by atoms with E-state index >= 15 is 0 Å². The summed E-state index contributed by atoms with van der Waals surface area (Å²) < 4.78 is 1.46. The molecule has 0 saturated carbocycles. The van der Waals surface area contributed by atoms with Crippen molar-refractivity contribution in [1.29, 1.82) is 10.8 Å². The molecule has 2 N–H and O–H groups in total. The van der Waals surface area contributed by atoms with E-state index in [1.165, 1.54) is 4.57 Å². The Hall–Kier alpha value is -2.47. The van der Waals surface area contributed by atoms with Crippen LogP contribution in [0.1, 0.15) is 0 Å². The number of para-hydroxylation sites is 1. The number of rotatable bonds is 3. The topological polar surface area (TPSA) is 68.8 Å². The molecule has 0 fully saturated rings. The van der Waals surface area contributed by atoms with E-state index in [-0.39, 0.29) is 5.62 Å². The van der Waals surface area contributed by atoms with Gasteiger partial charge in [0.1, 0.15) is 5.82 Å². The summed E-state index contributed by atoms with van der Waals surface area (Å²) in [5.41, 5.74) is 1.90. The van der Waals surface area contributed by atoms with Crippen LogP contribution in [-0.2, 0) is 0 Å². The summed E-state index contributed by atoms with van der Waals surface area (Å²) in [6.45, 7) is 0. The van der Waals surface area contributed by atoms with E-state index in [1.54, 1.807) is 11.3 Å². The molecular formula is C14H13N5S. The predicted molar refractivity (Wildman–Crippen MR) is 82.2 cm³/mol. The Bertz CT molecular complexity index is 819. The fraction of sp³-hybridized carbons (Fsp3) is 0.0714. The van der Waals surface area contributed by atoms with Crippen molar-refractivity contribution in [3.05, 3.63) is 46.7 Å². The molecule has 0 saturated heterocycles. The van der Waals surface area contributed by atoms with E-state index < -0.39 is 0 Å². The molecule has 1 aromatic carbocycles. The average Bonchev–Trinajstić information content (AvgIpc) is 3.00. The molecule has 0 aliphatic carbocycles. The van der Waals surface area contributed by atoms with Crippen LogP contribution in [0.3, 0.4) is 0 Å². The second-order valence-electron chi connectivity index (χ2n) is 4.32. The minimum absolute atomic E-state index is 0.0516. The van der Waals surface area contributed by atoms with Gasteiger partial charge >= 0.3 is 0 Å². The second kappa shape index (κ2) is 4.90. The van der Waals surface area contributed by atoms with Crippen molar-refractivity contribution in [2.45, 2.75) is 0 Å². The number of thiophene rings is 1. The molecule has 3 aromatic rings. The SMILES string of the molecule is CN(c1ccsc1)c1nc(=N)n(C=N)c2ccccc12. The van der Waals surface area contributed by atoms with Gasteiger partial charge in [-0.2, -0.15) is 16.3 Å². The Balaban J connectivity index is 2.32. The number of nitrogens with zero attached hydrogens (tertiary/aromatic N) is 3. The summed E-state index contributed by atoms with van der Waals surface area (Å²) in [5.74, 6) is 0.724. The Morgan fingerprint density at radius 3 is 2.80 bits per heavy atom. The molecule has 0 amide bonds. The zero-order valence-electron chi connectivity index (χ0n) is 10.9. The summed E-state index contributed by atoms with van der Waals surface area (Å²) in [6, 6.07) is 9.70. The van der Waals surface area contributed by atoms with E-state index in [9.17, 15) is 0 Å². The van der Waals surface area contributed by atoms with Crippen molar-refractivity contribution in [1.82, 2.24) is 9.55 Å². The summed E-state index contributed by atoms with van der Waals surface area (Å²) >= 11 is 1.62. The van der Waals surface area contributed by atoms with Gasteiger partial charge in [-0.1, -0.05) is 12.1 Å². The van der Waals surface area contributed by atoms with Crippen LogP contribution < -0.4 is 10.5 Å². The van der Waals surface area contributed by atoms with Crippen LogP contribution in [0.25, 0.3) is 10.9 Å². The first-order valence-corrected chi connectivity index (χ1v) is 6.99. The van der Waals surface area contributed by atoms with E-state index in [4.69, 9.17) is 10.8 Å². The molecule has 0 bridgehead atoms. The summed E-state index contributed by atoms with van der Waals surface area (Å²) in [5, 5.41) is 20.4. The molecule has 3 rings (SSSR count). The van der Waals surface area contributed by atoms with Crippen molar-refractivity contribution in [2.24, 2.45) is 0 Å². The molecule has 0 atom stereocenters. The third-order valence-corrected chi connectivity index (χ3v) is 3.86. The number of hydrogen-bond donors (Lipinski definition) is 2. The van der Waals surface area contributed by atoms with Crippen molar-refractivity contribution < 1.29 is 0 Å². The van der Waals surface area contributed by atoms with Crippen molar-refractivity contribution in [2.75, 3.05) is 11.9 Å². The first-order chi connectivity index (χ1) is 9.72. The lowest BCUT2D eigenvalue weighted by atomic mass is 10.2. The Morgan fingerprint density at radius 2 is 2.10 bits per heavy atom. The smallest absolute Gasteiger partial charge is 0.229 e. The molecule has 6 heteroatoms. The van der Waals surface area contributed by atoms with E-state index in [0.29, 0.717) is 0 Å². The number of hydrogen-bond acceptors (Lipinski definition) is 5. The van der Waals surface area contributed by atoms with E-state index in [2.05, 4.69) is 4.98 Å². The lowest BCUT2D eigenvalue weighted by molar-refractivity contribution is 0.915. The molecule has 0 radical (unpaired) electrons. The molecule has 2 aromatic heterocycles. The van der Waals surface area contributed by atoms with Crippen LogP contribution in [0.4, 0.5) is 11.5 Å². The molecule has 0 spiro atoms. The molecule has 0 aliphatic rings. The fourth-order valence-electron chi connectivity index (χ4n) is 2.16. The zero-order valence-corrected chi connectivity index (χ0v) is 11.7. The number of fused-ring (bicyclic) bond motifs is 1. The average molecular weight is 283 g/mol. The van der Waals surface area contributed by atoms with Gasteiger partial charge in [0.2, 0.25) is 5.62 Å². The minimum Gasteiger partial charge on any atom is -0.328 e. The lowest BCUT2D eigenvalue weighted by Gasteiger charge is -2.19. The van der Waals surface area contributed by atoms with E-state index in [0.717, 1.165) is 28.7 Å². The maximum atomic E-state index is 7.99. The van der Waals surface area contributed by atoms with Gasteiger partial charge in [-0.15, -0.1) is 0 Å². The van der Waals surface area contributed by atoms with Gasteiger partial charge in [-0.3, -0.25) is 15.4 Å². The third-order valence-electron chi connectivity index (χ3n) is 3.18. The highest BCUT2D eigenvalue weighted by atomic mass is 32.1. The Labute approximate surface area is 119 Å². The molecule has 20 heavy (non-hydrogen) atoms. The van der Waals surface area contributed by atoms with Crippen molar-refractivity contribution in [3.8, 4) is 0 Å². The lowest BCUT2D eigenvalue weighted by Crippen LogP contribution is -2.26. The summed E-state index contributed by atoms with van der Waals surface area (Å²) in [6.07, 6.45) is 1.12. The van der Waals surface area contributed by atoms with E-state index in [1.807, 2.05) is 53.0 Å². The molecular weight excluding hydrogens is 270 g/mol. The molecule has 5 nitrogen and oxygen atoms in total. The predicted octanol–water partition coefficient (Wildman–Crippen LogP) is 2.80. The summed E-state index contributed by atoms with van der Waals surface area (Å²) in [7, 11) is 1.94. The second-order valence-corrected chi connectivity index (χ2v) is 5.10. The molecule has 0 aliphatic heterocycles. The van der Waals surface area contributed by atoms with Crippen molar-refractivity contribution >= 4 is 40.1 Å². The van der Waals surface area contributed by atoms with Crippen LogP contribution in [0.5, 0.6) is 0 Å². The van der Waals surface area contributed by atoms with Gasteiger partial charge in [-0.25, -0.2) is 0 Å². The normalized spacial score (nSPS) is 10.7. The Kier molecular flexibility index (Phi) is 3.08.